The van der Waals surface area contributed by atoms with Crippen molar-refractivity contribution in [1.29, 1.82) is 0 Å². The molecule has 0 aliphatic carbocycles. The van der Waals surface area contributed by atoms with Crippen LogP contribution in [0.15, 0.2) is 17.6 Å². The number of aliphatic carboxylic acids is 1. The van der Waals surface area contributed by atoms with Gasteiger partial charge in [-0.25, -0.2) is 4.98 Å². The van der Waals surface area contributed by atoms with Gasteiger partial charge in [-0.2, -0.15) is 0 Å². The molecule has 114 valence electrons. The van der Waals surface area contributed by atoms with Crippen molar-refractivity contribution in [3.8, 4) is 0 Å². The maximum absolute atomic E-state index is 10.7. The second kappa shape index (κ2) is 6.75. The molecule has 8 heteroatoms. The lowest BCUT2D eigenvalue weighted by Crippen LogP contribution is -2.11. The van der Waals surface area contributed by atoms with Gasteiger partial charge in [-0.3, -0.25) is 4.79 Å². The quantitative estimate of drug-likeness (QED) is 0.781. The molecule has 0 amide bonds. The SMILES string of the molecule is CC(C)c1nnc(SCC(=O)O)n1CCc1nccn1C. The summed E-state index contributed by atoms with van der Waals surface area (Å²) in [6.45, 7) is 4.78. The highest BCUT2D eigenvalue weighted by molar-refractivity contribution is 7.99. The first kappa shape index (κ1) is 15.6. The normalized spacial score (nSPS) is 11.2. The number of hydrogen-bond donors (Lipinski definition) is 1. The Morgan fingerprint density at radius 3 is 2.76 bits per heavy atom. The van der Waals surface area contributed by atoms with Crippen molar-refractivity contribution >= 4 is 17.7 Å². The van der Waals surface area contributed by atoms with E-state index in [9.17, 15) is 4.79 Å². The molecular formula is C13H19N5O2S. The molecule has 21 heavy (non-hydrogen) atoms. The number of thioether (sulfide) groups is 1. The van der Waals surface area contributed by atoms with Gasteiger partial charge in [0, 0.05) is 38.3 Å². The van der Waals surface area contributed by atoms with Gasteiger partial charge in [0.05, 0.1) is 5.75 Å². The molecule has 0 spiro atoms. The van der Waals surface area contributed by atoms with E-state index in [0.29, 0.717) is 11.7 Å². The third-order valence-corrected chi connectivity index (χ3v) is 4.02. The van der Waals surface area contributed by atoms with Crippen LogP contribution in [-0.2, 0) is 24.8 Å². The molecule has 0 atom stereocenters. The summed E-state index contributed by atoms with van der Waals surface area (Å²) >= 11 is 1.20. The Bertz CT molecular complexity index is 620. The first-order chi connectivity index (χ1) is 9.99. The van der Waals surface area contributed by atoms with Crippen molar-refractivity contribution in [3.63, 3.8) is 0 Å². The third-order valence-electron chi connectivity index (χ3n) is 3.07. The maximum Gasteiger partial charge on any atom is 0.313 e. The van der Waals surface area contributed by atoms with Crippen molar-refractivity contribution in [2.75, 3.05) is 5.75 Å². The number of nitrogens with zero attached hydrogens (tertiary/aromatic N) is 5. The van der Waals surface area contributed by atoms with E-state index in [-0.39, 0.29) is 11.7 Å². The standard InChI is InChI=1S/C13H19N5O2S/c1-9(2)12-15-16-13(21-8-11(19)20)18(12)6-4-10-14-5-7-17(10)3/h5,7,9H,4,6,8H2,1-3H3,(H,19,20). The topological polar surface area (TPSA) is 85.8 Å². The third kappa shape index (κ3) is 3.84. The van der Waals surface area contributed by atoms with Gasteiger partial charge in [-0.15, -0.1) is 10.2 Å². The Hall–Kier alpha value is -1.83. The zero-order valence-corrected chi connectivity index (χ0v) is 13.2. The van der Waals surface area contributed by atoms with Crippen molar-refractivity contribution in [1.82, 2.24) is 24.3 Å². The number of carboxylic acid groups (broad SMARTS) is 1. The van der Waals surface area contributed by atoms with E-state index in [4.69, 9.17) is 5.11 Å². The summed E-state index contributed by atoms with van der Waals surface area (Å²) in [5, 5.41) is 17.8. The lowest BCUT2D eigenvalue weighted by Gasteiger charge is -2.11. The zero-order valence-electron chi connectivity index (χ0n) is 12.4. The number of carboxylic acids is 1. The minimum Gasteiger partial charge on any atom is -0.481 e. The number of aromatic nitrogens is 5. The fourth-order valence-corrected chi connectivity index (χ4v) is 2.71. The van der Waals surface area contributed by atoms with Gasteiger partial charge in [0.15, 0.2) is 5.16 Å². The summed E-state index contributed by atoms with van der Waals surface area (Å²) in [4.78, 5) is 15.0. The summed E-state index contributed by atoms with van der Waals surface area (Å²) in [6, 6.07) is 0. The molecule has 0 aliphatic rings. The van der Waals surface area contributed by atoms with Crippen molar-refractivity contribution < 1.29 is 9.90 Å². The first-order valence-corrected chi connectivity index (χ1v) is 7.71. The molecule has 0 fully saturated rings. The zero-order chi connectivity index (χ0) is 15.4. The van der Waals surface area contributed by atoms with Crippen LogP contribution in [0.25, 0.3) is 0 Å². The van der Waals surface area contributed by atoms with Gasteiger partial charge >= 0.3 is 5.97 Å². The lowest BCUT2D eigenvalue weighted by atomic mass is 10.2. The van der Waals surface area contributed by atoms with E-state index in [1.807, 2.05) is 36.2 Å². The fourth-order valence-electron chi connectivity index (χ4n) is 2.02. The summed E-state index contributed by atoms with van der Waals surface area (Å²) in [5.74, 6) is 1.21. The van der Waals surface area contributed by atoms with E-state index in [0.717, 1.165) is 18.1 Å². The highest BCUT2D eigenvalue weighted by Crippen LogP contribution is 2.21. The number of carbonyl (C=O) groups is 1. The summed E-state index contributed by atoms with van der Waals surface area (Å²) in [6.07, 6.45) is 4.43. The molecule has 0 bridgehead atoms. The van der Waals surface area contributed by atoms with Crippen LogP contribution in [-0.4, -0.2) is 41.1 Å². The van der Waals surface area contributed by atoms with Crippen LogP contribution in [0.4, 0.5) is 0 Å². The molecule has 0 aromatic carbocycles. The molecule has 7 nitrogen and oxygen atoms in total. The molecule has 2 rings (SSSR count). The van der Waals surface area contributed by atoms with Gasteiger partial charge in [-0.05, 0) is 0 Å². The molecular weight excluding hydrogens is 290 g/mol. The average Bonchev–Trinajstić information content (AvgIpc) is 3.00. The van der Waals surface area contributed by atoms with Gasteiger partial charge < -0.3 is 14.2 Å². The number of hydrogen-bond acceptors (Lipinski definition) is 5. The molecule has 0 aliphatic heterocycles. The highest BCUT2D eigenvalue weighted by atomic mass is 32.2. The Balaban J connectivity index is 2.16. The smallest absolute Gasteiger partial charge is 0.313 e. The van der Waals surface area contributed by atoms with E-state index in [2.05, 4.69) is 15.2 Å². The van der Waals surface area contributed by atoms with Crippen LogP contribution >= 0.6 is 11.8 Å². The fraction of sp³-hybridized carbons (Fsp3) is 0.538. The van der Waals surface area contributed by atoms with Gasteiger partial charge in [-0.1, -0.05) is 25.6 Å². The van der Waals surface area contributed by atoms with Crippen LogP contribution in [0.1, 0.15) is 31.4 Å². The van der Waals surface area contributed by atoms with Crippen LogP contribution in [0.2, 0.25) is 0 Å². The highest BCUT2D eigenvalue weighted by Gasteiger charge is 2.16. The van der Waals surface area contributed by atoms with E-state index in [1.165, 1.54) is 11.8 Å². The summed E-state index contributed by atoms with van der Waals surface area (Å²) in [7, 11) is 1.96. The predicted molar refractivity (Wildman–Crippen MR) is 79.4 cm³/mol. The number of aryl methyl sites for hydroxylation is 2. The van der Waals surface area contributed by atoms with Crippen molar-refractivity contribution in [3.05, 3.63) is 24.0 Å². The van der Waals surface area contributed by atoms with Crippen LogP contribution in [0, 0.1) is 0 Å². The monoisotopic (exact) mass is 309 g/mol. The molecule has 2 heterocycles. The van der Waals surface area contributed by atoms with E-state index < -0.39 is 5.97 Å². The Kier molecular flexibility index (Phi) is 5.00. The predicted octanol–water partition coefficient (Wildman–Crippen LogP) is 1.55. The largest absolute Gasteiger partial charge is 0.481 e. The molecule has 0 saturated carbocycles. The average molecular weight is 309 g/mol. The minimum absolute atomic E-state index is 0.0152. The lowest BCUT2D eigenvalue weighted by molar-refractivity contribution is -0.133. The Labute approximate surface area is 127 Å². The van der Waals surface area contributed by atoms with Crippen LogP contribution < -0.4 is 0 Å². The second-order valence-electron chi connectivity index (χ2n) is 5.03. The number of imidazole rings is 1. The van der Waals surface area contributed by atoms with E-state index >= 15 is 0 Å². The second-order valence-corrected chi connectivity index (χ2v) is 5.98. The Morgan fingerprint density at radius 2 is 2.19 bits per heavy atom. The summed E-state index contributed by atoms with van der Waals surface area (Å²) in [5.41, 5.74) is 0. The molecule has 0 unspecified atom stereocenters. The van der Waals surface area contributed by atoms with E-state index in [1.54, 1.807) is 6.20 Å². The summed E-state index contributed by atoms with van der Waals surface area (Å²) < 4.78 is 3.97. The minimum atomic E-state index is -0.857. The van der Waals surface area contributed by atoms with Crippen LogP contribution in [0.5, 0.6) is 0 Å². The molecule has 0 saturated heterocycles. The Morgan fingerprint density at radius 1 is 1.43 bits per heavy atom. The van der Waals surface area contributed by atoms with Gasteiger partial charge in [0.2, 0.25) is 0 Å². The molecule has 0 radical (unpaired) electrons. The molecule has 2 aromatic rings. The molecule has 1 N–H and O–H groups in total. The van der Waals surface area contributed by atoms with Crippen molar-refractivity contribution in [2.45, 2.75) is 37.9 Å². The first-order valence-electron chi connectivity index (χ1n) is 6.73. The van der Waals surface area contributed by atoms with Crippen LogP contribution in [0.3, 0.4) is 0 Å². The molecule has 2 aromatic heterocycles. The number of rotatable bonds is 7. The van der Waals surface area contributed by atoms with Gasteiger partial charge in [0.25, 0.3) is 0 Å². The van der Waals surface area contributed by atoms with Gasteiger partial charge in [0.1, 0.15) is 11.6 Å². The maximum atomic E-state index is 10.7. The van der Waals surface area contributed by atoms with Crippen molar-refractivity contribution in [2.24, 2.45) is 7.05 Å².